The number of benzene rings is 2. The average molecular weight is 311 g/mol. The second-order valence-corrected chi connectivity index (χ2v) is 5.65. The summed E-state index contributed by atoms with van der Waals surface area (Å²) in [5.74, 6) is 0.0804. The monoisotopic (exact) mass is 311 g/mol. The molecule has 1 amide bonds. The first kappa shape index (κ1) is 17.2. The van der Waals surface area contributed by atoms with Crippen molar-refractivity contribution in [1.29, 1.82) is 0 Å². The lowest BCUT2D eigenvalue weighted by Gasteiger charge is -2.10. The zero-order chi connectivity index (χ0) is 16.5. The van der Waals surface area contributed by atoms with Crippen molar-refractivity contribution >= 4 is 5.91 Å². The molecule has 3 heteroatoms. The Hall–Kier alpha value is -2.13. The van der Waals surface area contributed by atoms with Gasteiger partial charge in [-0.05, 0) is 35.1 Å². The minimum Gasteiger partial charge on any atom is -0.380 e. The van der Waals surface area contributed by atoms with E-state index in [0.717, 1.165) is 24.0 Å². The van der Waals surface area contributed by atoms with Crippen LogP contribution in [0.2, 0.25) is 0 Å². The van der Waals surface area contributed by atoms with Crippen molar-refractivity contribution in [3.05, 3.63) is 70.8 Å². The number of hydrogen-bond donors (Lipinski definition) is 1. The van der Waals surface area contributed by atoms with Crippen LogP contribution in [-0.2, 0) is 35.5 Å². The van der Waals surface area contributed by atoms with Crippen LogP contribution in [-0.4, -0.2) is 13.0 Å². The van der Waals surface area contributed by atoms with Crippen molar-refractivity contribution in [2.75, 3.05) is 7.11 Å². The maximum absolute atomic E-state index is 12.0. The van der Waals surface area contributed by atoms with E-state index < -0.39 is 0 Å². The Morgan fingerprint density at radius 3 is 2.30 bits per heavy atom. The molecule has 23 heavy (non-hydrogen) atoms. The third-order valence-corrected chi connectivity index (χ3v) is 3.97. The minimum atomic E-state index is 0.0804. The van der Waals surface area contributed by atoms with Gasteiger partial charge in [0, 0.05) is 20.1 Å². The molecule has 0 unspecified atom stereocenters. The maximum Gasteiger partial charge on any atom is 0.220 e. The number of aryl methyl sites for hydroxylation is 2. The topological polar surface area (TPSA) is 38.3 Å². The van der Waals surface area contributed by atoms with Gasteiger partial charge in [-0.1, -0.05) is 55.5 Å². The van der Waals surface area contributed by atoms with Crippen LogP contribution in [0, 0.1) is 0 Å². The van der Waals surface area contributed by atoms with Crippen molar-refractivity contribution in [3.8, 4) is 0 Å². The molecule has 0 aliphatic carbocycles. The first-order valence-electron chi connectivity index (χ1n) is 8.13. The molecule has 2 aromatic carbocycles. The zero-order valence-corrected chi connectivity index (χ0v) is 14.0. The lowest BCUT2D eigenvalue weighted by molar-refractivity contribution is -0.121. The molecular weight excluding hydrogens is 286 g/mol. The van der Waals surface area contributed by atoms with Gasteiger partial charge in [-0.2, -0.15) is 0 Å². The fraction of sp³-hybridized carbons (Fsp3) is 0.350. The zero-order valence-electron chi connectivity index (χ0n) is 14.0. The highest BCUT2D eigenvalue weighted by molar-refractivity contribution is 5.76. The Morgan fingerprint density at radius 2 is 1.65 bits per heavy atom. The molecule has 0 aromatic heterocycles. The molecule has 0 atom stereocenters. The second-order valence-electron chi connectivity index (χ2n) is 5.65. The molecule has 0 spiro atoms. The molecule has 0 aliphatic rings. The van der Waals surface area contributed by atoms with Crippen LogP contribution in [0.4, 0.5) is 0 Å². The summed E-state index contributed by atoms with van der Waals surface area (Å²) in [5, 5.41) is 3.00. The van der Waals surface area contributed by atoms with Gasteiger partial charge >= 0.3 is 0 Å². The lowest BCUT2D eigenvalue weighted by Crippen LogP contribution is -2.23. The molecule has 0 radical (unpaired) electrons. The van der Waals surface area contributed by atoms with Crippen LogP contribution in [0.15, 0.2) is 48.5 Å². The van der Waals surface area contributed by atoms with Gasteiger partial charge in [-0.25, -0.2) is 0 Å². The van der Waals surface area contributed by atoms with Gasteiger partial charge < -0.3 is 10.1 Å². The highest BCUT2D eigenvalue weighted by Gasteiger charge is 2.05. The highest BCUT2D eigenvalue weighted by atomic mass is 16.5. The molecule has 0 saturated heterocycles. The van der Waals surface area contributed by atoms with Crippen LogP contribution >= 0.6 is 0 Å². The van der Waals surface area contributed by atoms with Gasteiger partial charge in [0.05, 0.1) is 6.61 Å². The van der Waals surface area contributed by atoms with E-state index in [1.807, 2.05) is 24.3 Å². The molecule has 122 valence electrons. The summed E-state index contributed by atoms with van der Waals surface area (Å²) in [7, 11) is 1.68. The Labute approximate surface area is 138 Å². The molecule has 1 N–H and O–H groups in total. The Morgan fingerprint density at radius 1 is 1.00 bits per heavy atom. The molecule has 2 rings (SSSR count). The van der Waals surface area contributed by atoms with Gasteiger partial charge in [0.2, 0.25) is 5.91 Å². The molecule has 0 fully saturated rings. The number of carbonyl (C=O) groups is 1. The fourth-order valence-electron chi connectivity index (χ4n) is 2.51. The van der Waals surface area contributed by atoms with E-state index in [-0.39, 0.29) is 5.91 Å². The average Bonchev–Trinajstić information content (AvgIpc) is 2.60. The third kappa shape index (κ3) is 5.53. The van der Waals surface area contributed by atoms with Crippen molar-refractivity contribution in [1.82, 2.24) is 5.32 Å². The minimum absolute atomic E-state index is 0.0804. The number of carbonyl (C=O) groups excluding carboxylic acids is 1. The Kier molecular flexibility index (Phi) is 6.82. The standard InChI is InChI=1S/C20H25NO2/c1-3-16-8-10-17(11-9-16)12-13-20(22)21-14-18-6-4-5-7-19(18)15-23-2/h4-11H,3,12-15H2,1-2H3,(H,21,22). The lowest BCUT2D eigenvalue weighted by atomic mass is 10.1. The summed E-state index contributed by atoms with van der Waals surface area (Å²) in [5.41, 5.74) is 4.76. The summed E-state index contributed by atoms with van der Waals surface area (Å²) < 4.78 is 5.19. The largest absolute Gasteiger partial charge is 0.380 e. The Balaban J connectivity index is 1.81. The van der Waals surface area contributed by atoms with E-state index in [1.165, 1.54) is 11.1 Å². The number of methoxy groups -OCH3 is 1. The second kappa shape index (κ2) is 9.11. The number of rotatable bonds is 8. The summed E-state index contributed by atoms with van der Waals surface area (Å²) in [6.07, 6.45) is 2.33. The van der Waals surface area contributed by atoms with Gasteiger partial charge in [-0.15, -0.1) is 0 Å². The smallest absolute Gasteiger partial charge is 0.220 e. The van der Waals surface area contributed by atoms with Gasteiger partial charge in [0.15, 0.2) is 0 Å². The van der Waals surface area contributed by atoms with E-state index in [1.54, 1.807) is 7.11 Å². The van der Waals surface area contributed by atoms with Crippen molar-refractivity contribution in [3.63, 3.8) is 0 Å². The van der Waals surface area contributed by atoms with Gasteiger partial charge in [0.25, 0.3) is 0 Å². The summed E-state index contributed by atoms with van der Waals surface area (Å²) >= 11 is 0. The number of ether oxygens (including phenoxy) is 1. The maximum atomic E-state index is 12.0. The van der Waals surface area contributed by atoms with Crippen LogP contribution in [0.25, 0.3) is 0 Å². The van der Waals surface area contributed by atoms with Crippen LogP contribution in [0.3, 0.4) is 0 Å². The Bertz CT molecular complexity index is 620. The van der Waals surface area contributed by atoms with E-state index in [4.69, 9.17) is 4.74 Å². The van der Waals surface area contributed by atoms with Gasteiger partial charge in [-0.3, -0.25) is 4.79 Å². The molecular formula is C20H25NO2. The van der Waals surface area contributed by atoms with Crippen molar-refractivity contribution in [2.45, 2.75) is 39.3 Å². The predicted octanol–water partition coefficient (Wildman–Crippen LogP) is 3.64. The number of amides is 1. The van der Waals surface area contributed by atoms with Crippen LogP contribution < -0.4 is 5.32 Å². The third-order valence-electron chi connectivity index (χ3n) is 3.97. The van der Waals surface area contributed by atoms with E-state index in [2.05, 4.69) is 36.5 Å². The fourth-order valence-corrected chi connectivity index (χ4v) is 2.51. The SMILES string of the molecule is CCc1ccc(CCC(=O)NCc2ccccc2COC)cc1. The van der Waals surface area contributed by atoms with E-state index in [9.17, 15) is 4.79 Å². The highest BCUT2D eigenvalue weighted by Crippen LogP contribution is 2.10. The molecule has 0 heterocycles. The molecule has 0 saturated carbocycles. The molecule has 0 bridgehead atoms. The molecule has 0 aliphatic heterocycles. The summed E-state index contributed by atoms with van der Waals surface area (Å²) in [4.78, 5) is 12.0. The van der Waals surface area contributed by atoms with E-state index >= 15 is 0 Å². The number of nitrogens with one attached hydrogen (secondary N) is 1. The quantitative estimate of drug-likeness (QED) is 0.808. The normalized spacial score (nSPS) is 10.5. The van der Waals surface area contributed by atoms with Crippen LogP contribution in [0.1, 0.15) is 35.6 Å². The van der Waals surface area contributed by atoms with Crippen molar-refractivity contribution in [2.24, 2.45) is 0 Å². The first-order chi connectivity index (χ1) is 11.2. The number of hydrogen-bond acceptors (Lipinski definition) is 2. The van der Waals surface area contributed by atoms with Gasteiger partial charge in [0.1, 0.15) is 0 Å². The van der Waals surface area contributed by atoms with Crippen LogP contribution in [0.5, 0.6) is 0 Å². The summed E-state index contributed by atoms with van der Waals surface area (Å²) in [6, 6.07) is 16.5. The van der Waals surface area contributed by atoms with Crippen molar-refractivity contribution < 1.29 is 9.53 Å². The predicted molar refractivity (Wildman–Crippen MR) is 93.1 cm³/mol. The molecule has 3 nitrogen and oxygen atoms in total. The first-order valence-corrected chi connectivity index (χ1v) is 8.13. The van der Waals surface area contributed by atoms with E-state index in [0.29, 0.717) is 19.6 Å². The molecule has 2 aromatic rings. The summed E-state index contributed by atoms with van der Waals surface area (Å²) in [6.45, 7) is 3.26.